The van der Waals surface area contributed by atoms with Crippen LogP contribution in [0.3, 0.4) is 0 Å². The summed E-state index contributed by atoms with van der Waals surface area (Å²) in [6, 6.07) is 7.35. The molecule has 0 aliphatic carbocycles. The highest BCUT2D eigenvalue weighted by atomic mass is 79.9. The maximum absolute atomic E-state index is 11.5. The van der Waals surface area contributed by atoms with Crippen LogP contribution in [0.25, 0.3) is 6.08 Å². The van der Waals surface area contributed by atoms with Crippen LogP contribution in [0.2, 0.25) is 0 Å². The molecule has 1 rings (SSSR count). The Labute approximate surface area is 124 Å². The first-order valence-corrected chi connectivity index (χ1v) is 6.53. The third kappa shape index (κ3) is 5.12. The minimum atomic E-state index is -1.88. The van der Waals surface area contributed by atoms with Crippen LogP contribution < -0.4 is 10.8 Å². The van der Waals surface area contributed by atoms with E-state index in [-0.39, 0.29) is 6.54 Å². The predicted octanol–water partition coefficient (Wildman–Crippen LogP) is 0.835. The number of amides is 2. The topological polar surface area (TPSA) is 98.7 Å². The fourth-order valence-corrected chi connectivity index (χ4v) is 1.72. The lowest BCUT2D eigenvalue weighted by Gasteiger charge is -2.20. The quantitative estimate of drug-likeness (QED) is 0.362. The molecule has 4 N–H and O–H groups in total. The summed E-state index contributed by atoms with van der Waals surface area (Å²) < 4.78 is 0.891. The van der Waals surface area contributed by atoms with Crippen LogP contribution in [0.4, 0.5) is 0 Å². The van der Waals surface area contributed by atoms with E-state index >= 15 is 0 Å². The number of nitrogens with one attached hydrogen (secondary N) is 2. The zero-order valence-electron chi connectivity index (χ0n) is 10.8. The second-order valence-corrected chi connectivity index (χ2v) is 5.24. The first-order valence-electron chi connectivity index (χ1n) is 5.73. The molecule has 2 amide bonds. The Bertz CT molecular complexity index is 529. The Balaban J connectivity index is 2.54. The van der Waals surface area contributed by atoms with Gasteiger partial charge in [0.2, 0.25) is 5.91 Å². The van der Waals surface area contributed by atoms with E-state index in [2.05, 4.69) is 21.2 Å². The van der Waals surface area contributed by atoms with Crippen molar-refractivity contribution in [3.63, 3.8) is 0 Å². The number of halogens is 1. The summed E-state index contributed by atoms with van der Waals surface area (Å²) in [5, 5.41) is 20.4. The van der Waals surface area contributed by atoms with Crippen LogP contribution in [0, 0.1) is 0 Å². The van der Waals surface area contributed by atoms with Gasteiger partial charge < -0.3 is 10.4 Å². The molecule has 0 bridgehead atoms. The van der Waals surface area contributed by atoms with Gasteiger partial charge in [0, 0.05) is 10.5 Å². The van der Waals surface area contributed by atoms with Gasteiger partial charge in [-0.25, -0.2) is 5.48 Å². The summed E-state index contributed by atoms with van der Waals surface area (Å²) >= 11 is 3.31. The van der Waals surface area contributed by atoms with Gasteiger partial charge in [0.15, 0.2) is 5.60 Å². The van der Waals surface area contributed by atoms with Gasteiger partial charge in [-0.3, -0.25) is 14.8 Å². The molecule has 0 radical (unpaired) electrons. The molecular formula is C13H15BrN2O4. The van der Waals surface area contributed by atoms with E-state index in [1.807, 2.05) is 24.3 Å². The molecule has 0 spiro atoms. The fourth-order valence-electron chi connectivity index (χ4n) is 1.30. The average molecular weight is 343 g/mol. The Morgan fingerprint density at radius 2 is 2.15 bits per heavy atom. The highest BCUT2D eigenvalue weighted by Crippen LogP contribution is 2.12. The first kappa shape index (κ1) is 16.4. The smallest absolute Gasteiger partial charge is 0.276 e. The van der Waals surface area contributed by atoms with E-state index in [9.17, 15) is 14.7 Å². The van der Waals surface area contributed by atoms with Crippen molar-refractivity contribution in [1.82, 2.24) is 10.8 Å². The zero-order chi connectivity index (χ0) is 15.2. The molecule has 0 saturated heterocycles. The number of hydrogen-bond acceptors (Lipinski definition) is 4. The number of benzene rings is 1. The Kier molecular flexibility index (Phi) is 5.87. The second kappa shape index (κ2) is 7.18. The van der Waals surface area contributed by atoms with Crippen molar-refractivity contribution in [2.24, 2.45) is 0 Å². The molecule has 108 valence electrons. The Hall–Kier alpha value is -1.70. The zero-order valence-corrected chi connectivity index (χ0v) is 12.3. The minimum Gasteiger partial charge on any atom is -0.378 e. The lowest BCUT2D eigenvalue weighted by Crippen LogP contribution is -2.51. The van der Waals surface area contributed by atoms with Crippen LogP contribution in [-0.2, 0) is 9.59 Å². The van der Waals surface area contributed by atoms with Crippen molar-refractivity contribution >= 4 is 33.8 Å². The molecule has 1 aromatic carbocycles. The predicted molar refractivity (Wildman–Crippen MR) is 76.7 cm³/mol. The van der Waals surface area contributed by atoms with Crippen molar-refractivity contribution in [3.8, 4) is 0 Å². The molecule has 0 aliphatic heterocycles. The Morgan fingerprint density at radius 3 is 2.75 bits per heavy atom. The molecule has 0 fully saturated rings. The fraction of sp³-hybridized carbons (Fsp3) is 0.231. The third-order valence-electron chi connectivity index (χ3n) is 2.47. The highest BCUT2D eigenvalue weighted by Gasteiger charge is 2.30. The average Bonchev–Trinajstić information content (AvgIpc) is 2.42. The van der Waals surface area contributed by atoms with Crippen molar-refractivity contribution in [2.75, 3.05) is 6.54 Å². The molecule has 7 heteroatoms. The first-order chi connectivity index (χ1) is 9.35. The molecule has 0 saturated carbocycles. The molecule has 1 aromatic rings. The monoisotopic (exact) mass is 342 g/mol. The summed E-state index contributed by atoms with van der Waals surface area (Å²) in [6.45, 7) is 0.859. The maximum Gasteiger partial charge on any atom is 0.276 e. The van der Waals surface area contributed by atoms with Crippen LogP contribution in [0.15, 0.2) is 34.8 Å². The molecule has 0 unspecified atom stereocenters. The number of rotatable bonds is 5. The number of aliphatic hydroxyl groups is 1. The lowest BCUT2D eigenvalue weighted by atomic mass is 10.1. The maximum atomic E-state index is 11.5. The van der Waals surface area contributed by atoms with E-state index in [1.165, 1.54) is 18.5 Å². The van der Waals surface area contributed by atoms with E-state index in [4.69, 9.17) is 5.21 Å². The molecular weight excluding hydrogens is 328 g/mol. The van der Waals surface area contributed by atoms with Gasteiger partial charge in [0.1, 0.15) is 0 Å². The standard InChI is InChI=1S/C13H15BrN2O4/c1-13(19,12(18)16-20)8-15-11(17)6-5-9-3-2-4-10(14)7-9/h2-7,19-20H,8H2,1H3,(H,15,17)(H,16,18)/b6-5+/t13-/m1/s1. The number of hydroxylamine groups is 1. The molecule has 0 heterocycles. The van der Waals surface area contributed by atoms with E-state index < -0.39 is 17.4 Å². The molecule has 0 aromatic heterocycles. The van der Waals surface area contributed by atoms with Gasteiger partial charge in [-0.05, 0) is 30.7 Å². The Morgan fingerprint density at radius 1 is 1.45 bits per heavy atom. The minimum absolute atomic E-state index is 0.318. The van der Waals surface area contributed by atoms with Gasteiger partial charge in [-0.2, -0.15) is 0 Å². The lowest BCUT2D eigenvalue weighted by molar-refractivity contribution is -0.146. The van der Waals surface area contributed by atoms with Crippen LogP contribution >= 0.6 is 15.9 Å². The highest BCUT2D eigenvalue weighted by molar-refractivity contribution is 9.10. The third-order valence-corrected chi connectivity index (χ3v) is 2.97. The van der Waals surface area contributed by atoms with Gasteiger partial charge in [0.05, 0.1) is 6.54 Å². The van der Waals surface area contributed by atoms with E-state index in [0.29, 0.717) is 0 Å². The summed E-state index contributed by atoms with van der Waals surface area (Å²) in [5.41, 5.74) is 0.277. The van der Waals surface area contributed by atoms with Crippen molar-refractivity contribution < 1.29 is 19.9 Å². The molecule has 20 heavy (non-hydrogen) atoms. The normalized spacial score (nSPS) is 13.8. The van der Waals surface area contributed by atoms with Crippen molar-refractivity contribution in [1.29, 1.82) is 0 Å². The SMILES string of the molecule is C[C@@](O)(CNC(=O)/C=C/c1cccc(Br)c1)C(=O)NO. The van der Waals surface area contributed by atoms with E-state index in [1.54, 1.807) is 6.08 Å². The summed E-state index contributed by atoms with van der Waals surface area (Å²) in [7, 11) is 0. The molecule has 1 atom stereocenters. The van der Waals surface area contributed by atoms with Crippen LogP contribution in [-0.4, -0.2) is 34.3 Å². The largest absolute Gasteiger partial charge is 0.378 e. The number of carbonyl (C=O) groups excluding carboxylic acids is 2. The van der Waals surface area contributed by atoms with Crippen molar-refractivity contribution in [2.45, 2.75) is 12.5 Å². The van der Waals surface area contributed by atoms with Gasteiger partial charge in [0.25, 0.3) is 5.91 Å². The van der Waals surface area contributed by atoms with Crippen LogP contribution in [0.5, 0.6) is 0 Å². The number of carbonyl (C=O) groups is 2. The molecule has 6 nitrogen and oxygen atoms in total. The van der Waals surface area contributed by atoms with Gasteiger partial charge in [-0.1, -0.05) is 28.1 Å². The van der Waals surface area contributed by atoms with E-state index in [0.717, 1.165) is 10.0 Å². The summed E-state index contributed by atoms with van der Waals surface area (Å²) in [6.07, 6.45) is 2.88. The van der Waals surface area contributed by atoms with Gasteiger partial charge in [-0.15, -0.1) is 0 Å². The summed E-state index contributed by atoms with van der Waals surface area (Å²) in [5.74, 6) is -1.45. The van der Waals surface area contributed by atoms with Crippen LogP contribution in [0.1, 0.15) is 12.5 Å². The van der Waals surface area contributed by atoms with Crippen molar-refractivity contribution in [3.05, 3.63) is 40.4 Å². The second-order valence-electron chi connectivity index (χ2n) is 4.32. The van der Waals surface area contributed by atoms with Gasteiger partial charge >= 0.3 is 0 Å². The number of hydrogen-bond donors (Lipinski definition) is 4. The molecule has 0 aliphatic rings. The summed E-state index contributed by atoms with van der Waals surface area (Å²) in [4.78, 5) is 22.6.